The number of aromatic nitrogens is 2. The average Bonchev–Trinajstić information content (AvgIpc) is 2.77. The van der Waals surface area contributed by atoms with E-state index in [-0.39, 0.29) is 5.82 Å². The van der Waals surface area contributed by atoms with Crippen LogP contribution < -0.4 is 0 Å². The predicted molar refractivity (Wildman–Crippen MR) is 74.4 cm³/mol. The van der Waals surface area contributed by atoms with Crippen LogP contribution in [0.5, 0.6) is 0 Å². The van der Waals surface area contributed by atoms with Crippen LogP contribution in [0, 0.1) is 5.82 Å². The van der Waals surface area contributed by atoms with Crippen LogP contribution in [0.25, 0.3) is 0 Å². The summed E-state index contributed by atoms with van der Waals surface area (Å²) in [4.78, 5) is 11.0. The third kappa shape index (κ3) is 2.50. The maximum absolute atomic E-state index is 13.0. The van der Waals surface area contributed by atoms with Gasteiger partial charge < -0.3 is 0 Å². The van der Waals surface area contributed by atoms with Gasteiger partial charge in [-0.05, 0) is 43.4 Å². The van der Waals surface area contributed by atoms with E-state index < -0.39 is 0 Å². The number of aromatic amines is 1. The third-order valence-electron chi connectivity index (χ3n) is 4.08. The Labute approximate surface area is 117 Å². The molecule has 20 heavy (non-hydrogen) atoms. The second-order valence-electron chi connectivity index (χ2n) is 5.39. The van der Waals surface area contributed by atoms with Gasteiger partial charge in [0.15, 0.2) is 6.29 Å². The normalized spacial score (nSPS) is 18.4. The van der Waals surface area contributed by atoms with Gasteiger partial charge in [0, 0.05) is 17.2 Å². The molecule has 1 N–H and O–H groups in total. The molecule has 0 aliphatic heterocycles. The molecule has 0 fully saturated rings. The summed E-state index contributed by atoms with van der Waals surface area (Å²) < 4.78 is 13.0. The lowest BCUT2D eigenvalue weighted by molar-refractivity contribution is 0.111. The number of halogens is 1. The molecule has 0 radical (unpaired) electrons. The SMILES string of the molecule is O=Cc1n[nH]c2c1CCCCC2Cc1ccc(F)cc1. The smallest absolute Gasteiger partial charge is 0.170 e. The highest BCUT2D eigenvalue weighted by Gasteiger charge is 2.23. The number of H-pyrrole nitrogens is 1. The lowest BCUT2D eigenvalue weighted by Crippen LogP contribution is -2.04. The van der Waals surface area contributed by atoms with Crippen LogP contribution in [0.15, 0.2) is 24.3 Å². The first kappa shape index (κ1) is 13.0. The fraction of sp³-hybridized carbons (Fsp3) is 0.375. The van der Waals surface area contributed by atoms with Crippen molar-refractivity contribution in [3.63, 3.8) is 0 Å². The van der Waals surface area contributed by atoms with Gasteiger partial charge in [0.05, 0.1) is 0 Å². The molecule has 0 saturated carbocycles. The van der Waals surface area contributed by atoms with Gasteiger partial charge in [-0.1, -0.05) is 18.6 Å². The molecular formula is C16H17FN2O. The number of benzene rings is 1. The maximum Gasteiger partial charge on any atom is 0.170 e. The van der Waals surface area contributed by atoms with E-state index in [1.54, 1.807) is 0 Å². The molecule has 1 unspecified atom stereocenters. The standard InChI is InChI=1S/C16H17FN2O/c17-13-7-5-11(6-8-13)9-12-3-1-2-4-14-15(10-20)18-19-16(12)14/h5-8,10,12H,1-4,9H2,(H,18,19). The Morgan fingerprint density at radius 2 is 2.10 bits per heavy atom. The van der Waals surface area contributed by atoms with Crippen molar-refractivity contribution in [3.8, 4) is 0 Å². The summed E-state index contributed by atoms with van der Waals surface area (Å²) in [5, 5.41) is 7.15. The number of nitrogens with zero attached hydrogens (tertiary/aromatic N) is 1. The highest BCUT2D eigenvalue weighted by molar-refractivity contribution is 5.74. The summed E-state index contributed by atoms with van der Waals surface area (Å²) in [6.07, 6.45) is 5.91. The predicted octanol–water partition coefficient (Wildman–Crippen LogP) is 3.41. The fourth-order valence-electron chi connectivity index (χ4n) is 3.04. The largest absolute Gasteiger partial charge is 0.296 e. The van der Waals surface area contributed by atoms with Gasteiger partial charge in [-0.2, -0.15) is 5.10 Å². The van der Waals surface area contributed by atoms with Crippen LogP contribution in [0.1, 0.15) is 52.5 Å². The summed E-state index contributed by atoms with van der Waals surface area (Å²) >= 11 is 0. The molecule has 3 rings (SSSR count). The second kappa shape index (κ2) is 5.57. The second-order valence-corrected chi connectivity index (χ2v) is 5.39. The molecule has 104 valence electrons. The van der Waals surface area contributed by atoms with Gasteiger partial charge >= 0.3 is 0 Å². The van der Waals surface area contributed by atoms with Crippen LogP contribution >= 0.6 is 0 Å². The zero-order valence-electron chi connectivity index (χ0n) is 11.2. The number of hydrogen-bond acceptors (Lipinski definition) is 2. The van der Waals surface area contributed by atoms with E-state index in [2.05, 4.69) is 10.2 Å². The van der Waals surface area contributed by atoms with E-state index >= 15 is 0 Å². The molecule has 1 aliphatic rings. The summed E-state index contributed by atoms with van der Waals surface area (Å²) in [5.41, 5.74) is 3.83. The quantitative estimate of drug-likeness (QED) is 0.687. The Bertz CT molecular complexity index is 603. The minimum absolute atomic E-state index is 0.208. The minimum atomic E-state index is -0.208. The van der Waals surface area contributed by atoms with Gasteiger partial charge in [-0.15, -0.1) is 0 Å². The monoisotopic (exact) mass is 272 g/mol. The van der Waals surface area contributed by atoms with Gasteiger partial charge in [0.2, 0.25) is 0 Å². The Morgan fingerprint density at radius 1 is 1.30 bits per heavy atom. The molecule has 1 aromatic carbocycles. The van der Waals surface area contributed by atoms with E-state index in [1.807, 2.05) is 12.1 Å². The number of nitrogens with one attached hydrogen (secondary N) is 1. The lowest BCUT2D eigenvalue weighted by atomic mass is 9.91. The molecular weight excluding hydrogens is 255 g/mol. The fourth-order valence-corrected chi connectivity index (χ4v) is 3.04. The van der Waals surface area contributed by atoms with Crippen LogP contribution in [-0.2, 0) is 12.8 Å². The highest BCUT2D eigenvalue weighted by atomic mass is 19.1. The summed E-state index contributed by atoms with van der Waals surface area (Å²) in [6, 6.07) is 6.65. The van der Waals surface area contributed by atoms with Gasteiger partial charge in [-0.3, -0.25) is 9.89 Å². The third-order valence-corrected chi connectivity index (χ3v) is 4.08. The van der Waals surface area contributed by atoms with E-state index in [4.69, 9.17) is 0 Å². The number of hydrogen-bond donors (Lipinski definition) is 1. The number of carbonyl (C=O) groups excluding carboxylic acids is 1. The maximum atomic E-state index is 13.0. The average molecular weight is 272 g/mol. The lowest BCUT2D eigenvalue weighted by Gasteiger charge is -2.14. The number of aldehydes is 1. The highest BCUT2D eigenvalue weighted by Crippen LogP contribution is 2.32. The molecule has 2 aromatic rings. The molecule has 0 spiro atoms. The summed E-state index contributed by atoms with van der Waals surface area (Å²) in [7, 11) is 0. The van der Waals surface area contributed by atoms with Crippen molar-refractivity contribution < 1.29 is 9.18 Å². The molecule has 1 heterocycles. The summed E-state index contributed by atoms with van der Waals surface area (Å²) in [5.74, 6) is 0.124. The van der Waals surface area contributed by atoms with Gasteiger partial charge in [0.25, 0.3) is 0 Å². The van der Waals surface area contributed by atoms with Gasteiger partial charge in [-0.25, -0.2) is 4.39 Å². The molecule has 3 nitrogen and oxygen atoms in total. The van der Waals surface area contributed by atoms with Crippen LogP contribution in [0.4, 0.5) is 4.39 Å². The van der Waals surface area contributed by atoms with E-state index in [0.717, 1.165) is 55.2 Å². The Kier molecular flexibility index (Phi) is 3.63. The Hall–Kier alpha value is -1.97. The molecule has 1 aromatic heterocycles. The van der Waals surface area contributed by atoms with Crippen molar-refractivity contribution in [1.29, 1.82) is 0 Å². The van der Waals surface area contributed by atoms with E-state index in [0.29, 0.717) is 11.6 Å². The first-order valence-corrected chi connectivity index (χ1v) is 7.04. The number of rotatable bonds is 3. The Morgan fingerprint density at radius 3 is 2.85 bits per heavy atom. The van der Waals surface area contributed by atoms with Crippen molar-refractivity contribution in [2.45, 2.75) is 38.0 Å². The molecule has 1 aliphatic carbocycles. The first-order valence-electron chi connectivity index (χ1n) is 7.04. The van der Waals surface area contributed by atoms with Crippen molar-refractivity contribution in [1.82, 2.24) is 10.2 Å². The van der Waals surface area contributed by atoms with Crippen LogP contribution in [-0.4, -0.2) is 16.5 Å². The van der Waals surface area contributed by atoms with Crippen molar-refractivity contribution >= 4 is 6.29 Å². The van der Waals surface area contributed by atoms with E-state index in [1.165, 1.54) is 12.1 Å². The first-order chi connectivity index (χ1) is 9.78. The zero-order valence-corrected chi connectivity index (χ0v) is 11.2. The van der Waals surface area contributed by atoms with Crippen molar-refractivity contribution in [3.05, 3.63) is 52.6 Å². The van der Waals surface area contributed by atoms with Crippen LogP contribution in [0.2, 0.25) is 0 Å². The molecule has 0 amide bonds. The molecule has 0 saturated heterocycles. The van der Waals surface area contributed by atoms with Crippen molar-refractivity contribution in [2.24, 2.45) is 0 Å². The zero-order chi connectivity index (χ0) is 13.9. The van der Waals surface area contributed by atoms with Crippen LogP contribution in [0.3, 0.4) is 0 Å². The van der Waals surface area contributed by atoms with Gasteiger partial charge in [0.1, 0.15) is 11.5 Å². The number of carbonyl (C=O) groups is 1. The molecule has 1 atom stereocenters. The molecule has 4 heteroatoms. The Balaban J connectivity index is 1.88. The molecule has 0 bridgehead atoms. The van der Waals surface area contributed by atoms with E-state index in [9.17, 15) is 9.18 Å². The summed E-state index contributed by atoms with van der Waals surface area (Å²) in [6.45, 7) is 0. The van der Waals surface area contributed by atoms with Crippen molar-refractivity contribution in [2.75, 3.05) is 0 Å². The topological polar surface area (TPSA) is 45.8 Å². The minimum Gasteiger partial charge on any atom is -0.296 e. The number of fused-ring (bicyclic) bond motifs is 1.